The first-order valence-corrected chi connectivity index (χ1v) is 11.2. The van der Waals surface area contributed by atoms with Crippen molar-refractivity contribution in [3.8, 4) is 11.4 Å². The predicted molar refractivity (Wildman–Crippen MR) is 109 cm³/mol. The van der Waals surface area contributed by atoms with E-state index in [1.165, 1.54) is 29.0 Å². The zero-order valence-corrected chi connectivity index (χ0v) is 17.2. The molecule has 0 atom stereocenters. The van der Waals surface area contributed by atoms with Gasteiger partial charge in [0.2, 0.25) is 0 Å². The molecule has 8 nitrogen and oxygen atoms in total. The Morgan fingerprint density at radius 3 is 2.77 bits per heavy atom. The molecule has 1 aliphatic carbocycles. The molecule has 5 rings (SSSR count). The first kappa shape index (κ1) is 19.1. The van der Waals surface area contributed by atoms with Crippen LogP contribution in [0.1, 0.15) is 24.1 Å². The number of nitrogens with zero attached hydrogens (tertiary/aromatic N) is 5. The van der Waals surface area contributed by atoms with Gasteiger partial charge >= 0.3 is 0 Å². The van der Waals surface area contributed by atoms with Gasteiger partial charge in [0, 0.05) is 49.9 Å². The summed E-state index contributed by atoms with van der Waals surface area (Å²) in [5.41, 5.74) is 2.16. The fourth-order valence-corrected chi connectivity index (χ4v) is 4.92. The number of halogens is 1. The maximum absolute atomic E-state index is 13.7. The Bertz CT molecular complexity index is 1220. The minimum atomic E-state index is -3.71. The van der Waals surface area contributed by atoms with Crippen molar-refractivity contribution in [3.05, 3.63) is 53.9 Å². The lowest BCUT2D eigenvalue weighted by molar-refractivity contribution is 0.386. The van der Waals surface area contributed by atoms with Crippen LogP contribution < -0.4 is 5.32 Å². The summed E-state index contributed by atoms with van der Waals surface area (Å²) in [4.78, 5) is 13.3. The lowest BCUT2D eigenvalue weighted by atomic mass is 10.1. The molecule has 0 spiro atoms. The standard InChI is InChI=1S/C20H21FN6O2S/c1-26-11-18(22-12-26)30(28,29)27-8-7-17-16(10-27)20(23-15-5-6-15)25-19(24-17)13-3-2-4-14(21)9-13/h2-4,9,11-12,15H,5-8,10H2,1H3,(H,23,24,25). The highest BCUT2D eigenvalue weighted by Crippen LogP contribution is 2.33. The van der Waals surface area contributed by atoms with E-state index in [4.69, 9.17) is 0 Å². The van der Waals surface area contributed by atoms with Gasteiger partial charge in [-0.05, 0) is 25.0 Å². The Balaban J connectivity index is 1.53. The Labute approximate surface area is 173 Å². The van der Waals surface area contributed by atoms with Crippen LogP contribution in [0.15, 0.2) is 41.8 Å². The number of aromatic nitrogens is 4. The van der Waals surface area contributed by atoms with Gasteiger partial charge in [-0.15, -0.1) is 0 Å². The number of aryl methyl sites for hydroxylation is 1. The molecule has 0 amide bonds. The van der Waals surface area contributed by atoms with Gasteiger partial charge in [0.1, 0.15) is 11.6 Å². The Morgan fingerprint density at radius 2 is 2.07 bits per heavy atom. The SMILES string of the molecule is Cn1cnc(S(=O)(=O)N2CCc3nc(-c4cccc(F)c4)nc(NC4CC4)c3C2)c1. The molecule has 1 saturated carbocycles. The molecule has 0 unspecified atom stereocenters. The van der Waals surface area contributed by atoms with Crippen molar-refractivity contribution in [2.45, 2.75) is 36.9 Å². The van der Waals surface area contributed by atoms with E-state index >= 15 is 0 Å². The zero-order chi connectivity index (χ0) is 20.9. The number of hydrogen-bond acceptors (Lipinski definition) is 6. The third kappa shape index (κ3) is 3.56. The minimum Gasteiger partial charge on any atom is -0.367 e. The largest absolute Gasteiger partial charge is 0.367 e. The summed E-state index contributed by atoms with van der Waals surface area (Å²) in [5.74, 6) is 0.721. The number of imidazole rings is 1. The molecule has 2 aliphatic rings. The van der Waals surface area contributed by atoms with Gasteiger partial charge in [-0.3, -0.25) is 0 Å². The van der Waals surface area contributed by atoms with Gasteiger partial charge in [-0.1, -0.05) is 12.1 Å². The fourth-order valence-electron chi connectivity index (χ4n) is 3.55. The van der Waals surface area contributed by atoms with Gasteiger partial charge in [0.25, 0.3) is 10.0 Å². The molecule has 0 saturated heterocycles. The zero-order valence-electron chi connectivity index (χ0n) is 16.4. The molecule has 3 heterocycles. The van der Waals surface area contributed by atoms with Crippen LogP contribution in [0.4, 0.5) is 10.2 Å². The van der Waals surface area contributed by atoms with Crippen molar-refractivity contribution in [1.82, 2.24) is 23.8 Å². The van der Waals surface area contributed by atoms with Crippen molar-refractivity contribution < 1.29 is 12.8 Å². The summed E-state index contributed by atoms with van der Waals surface area (Å²) in [5, 5.41) is 3.43. The van der Waals surface area contributed by atoms with Gasteiger partial charge in [0.05, 0.1) is 12.0 Å². The highest BCUT2D eigenvalue weighted by atomic mass is 32.2. The van der Waals surface area contributed by atoms with E-state index in [9.17, 15) is 12.8 Å². The van der Waals surface area contributed by atoms with Crippen LogP contribution in [0.25, 0.3) is 11.4 Å². The number of hydrogen-bond donors (Lipinski definition) is 1. The second kappa shape index (κ2) is 7.13. The topological polar surface area (TPSA) is 93.0 Å². The van der Waals surface area contributed by atoms with E-state index in [0.29, 0.717) is 36.2 Å². The van der Waals surface area contributed by atoms with Crippen LogP contribution >= 0.6 is 0 Å². The maximum atomic E-state index is 13.7. The molecular weight excluding hydrogens is 407 g/mol. The molecule has 1 fully saturated rings. The molecule has 1 aliphatic heterocycles. The third-order valence-electron chi connectivity index (χ3n) is 5.31. The second-order valence-electron chi connectivity index (χ2n) is 7.72. The molecule has 2 aromatic heterocycles. The van der Waals surface area contributed by atoms with Crippen LogP contribution in [0.5, 0.6) is 0 Å². The Hall–Kier alpha value is -2.85. The first-order valence-electron chi connectivity index (χ1n) is 9.80. The van der Waals surface area contributed by atoms with Crippen molar-refractivity contribution in [2.24, 2.45) is 7.05 Å². The maximum Gasteiger partial charge on any atom is 0.262 e. The average molecular weight is 428 g/mol. The van der Waals surface area contributed by atoms with Crippen molar-refractivity contribution in [1.29, 1.82) is 0 Å². The van der Waals surface area contributed by atoms with E-state index in [-0.39, 0.29) is 17.4 Å². The normalized spacial score (nSPS) is 17.0. The molecule has 1 aromatic carbocycles. The number of nitrogens with one attached hydrogen (secondary N) is 1. The summed E-state index contributed by atoms with van der Waals surface area (Å²) >= 11 is 0. The molecule has 30 heavy (non-hydrogen) atoms. The molecule has 156 valence electrons. The molecule has 3 aromatic rings. The highest BCUT2D eigenvalue weighted by Gasteiger charge is 2.33. The Kier molecular flexibility index (Phi) is 4.55. The number of sulfonamides is 1. The van der Waals surface area contributed by atoms with E-state index < -0.39 is 10.0 Å². The van der Waals surface area contributed by atoms with Crippen molar-refractivity contribution in [2.75, 3.05) is 11.9 Å². The third-order valence-corrected chi connectivity index (χ3v) is 7.04. The van der Waals surface area contributed by atoms with E-state index in [1.807, 2.05) is 0 Å². The Morgan fingerprint density at radius 1 is 1.23 bits per heavy atom. The fraction of sp³-hybridized carbons (Fsp3) is 0.350. The smallest absolute Gasteiger partial charge is 0.262 e. The van der Waals surface area contributed by atoms with Gasteiger partial charge < -0.3 is 9.88 Å². The summed E-state index contributed by atoms with van der Waals surface area (Å²) in [7, 11) is -1.98. The van der Waals surface area contributed by atoms with Crippen LogP contribution in [-0.2, 0) is 30.0 Å². The lowest BCUT2D eigenvalue weighted by Gasteiger charge is -2.28. The minimum absolute atomic E-state index is 0.0300. The average Bonchev–Trinajstić information content (AvgIpc) is 3.43. The monoisotopic (exact) mass is 428 g/mol. The van der Waals surface area contributed by atoms with Gasteiger partial charge in [-0.2, -0.15) is 4.31 Å². The van der Waals surface area contributed by atoms with E-state index in [1.54, 1.807) is 23.7 Å². The summed E-state index contributed by atoms with van der Waals surface area (Å²) in [6.07, 6.45) is 5.51. The van der Waals surface area contributed by atoms with Crippen LogP contribution in [0.3, 0.4) is 0 Å². The number of anilines is 1. The summed E-state index contributed by atoms with van der Waals surface area (Å²) in [6, 6.07) is 6.51. The predicted octanol–water partition coefficient (Wildman–Crippen LogP) is 2.34. The van der Waals surface area contributed by atoms with Crippen molar-refractivity contribution >= 4 is 15.8 Å². The van der Waals surface area contributed by atoms with Crippen LogP contribution in [0.2, 0.25) is 0 Å². The number of benzene rings is 1. The molecular formula is C20H21FN6O2S. The highest BCUT2D eigenvalue weighted by molar-refractivity contribution is 7.89. The molecule has 0 bridgehead atoms. The van der Waals surface area contributed by atoms with Gasteiger partial charge in [-0.25, -0.2) is 27.8 Å². The van der Waals surface area contributed by atoms with Gasteiger partial charge in [0.15, 0.2) is 10.9 Å². The first-order chi connectivity index (χ1) is 14.4. The second-order valence-corrected chi connectivity index (χ2v) is 9.60. The van der Waals surface area contributed by atoms with E-state index in [0.717, 1.165) is 24.1 Å². The summed E-state index contributed by atoms with van der Waals surface area (Å²) < 4.78 is 42.8. The van der Waals surface area contributed by atoms with Crippen molar-refractivity contribution in [3.63, 3.8) is 0 Å². The quantitative estimate of drug-likeness (QED) is 0.671. The molecule has 10 heteroatoms. The number of fused-ring (bicyclic) bond motifs is 1. The van der Waals surface area contributed by atoms with Crippen LogP contribution in [-0.4, -0.2) is 44.8 Å². The molecule has 0 radical (unpaired) electrons. The summed E-state index contributed by atoms with van der Waals surface area (Å²) in [6.45, 7) is 0.473. The lowest BCUT2D eigenvalue weighted by Crippen LogP contribution is -2.37. The van der Waals surface area contributed by atoms with Crippen LogP contribution in [0, 0.1) is 5.82 Å². The van der Waals surface area contributed by atoms with E-state index in [2.05, 4.69) is 20.3 Å². The number of rotatable bonds is 5. The molecule has 1 N–H and O–H groups in total.